The molecule has 124 valence electrons. The Morgan fingerprint density at radius 3 is 2.62 bits per heavy atom. The Hall–Kier alpha value is -2.40. The summed E-state index contributed by atoms with van der Waals surface area (Å²) in [7, 11) is 0. The lowest BCUT2D eigenvalue weighted by Crippen LogP contribution is -2.28. The van der Waals surface area contributed by atoms with Gasteiger partial charge in [0.2, 0.25) is 0 Å². The Morgan fingerprint density at radius 2 is 1.92 bits per heavy atom. The summed E-state index contributed by atoms with van der Waals surface area (Å²) in [6, 6.07) is 15.4. The van der Waals surface area contributed by atoms with Crippen LogP contribution in [-0.4, -0.2) is 18.5 Å². The van der Waals surface area contributed by atoms with Crippen molar-refractivity contribution in [1.82, 2.24) is 5.32 Å². The second-order valence-electron chi connectivity index (χ2n) is 5.26. The smallest absolute Gasteiger partial charge is 0.331 e. The minimum atomic E-state index is -0.555. The molecule has 0 spiro atoms. The summed E-state index contributed by atoms with van der Waals surface area (Å²) >= 11 is 3.36. The molecule has 0 bridgehead atoms. The van der Waals surface area contributed by atoms with Gasteiger partial charge in [0.15, 0.2) is 6.61 Å². The minimum absolute atomic E-state index is 0.298. The number of esters is 1. The molecule has 1 amide bonds. The molecule has 0 atom stereocenters. The van der Waals surface area contributed by atoms with E-state index in [1.54, 1.807) is 6.08 Å². The van der Waals surface area contributed by atoms with E-state index in [0.717, 1.165) is 21.2 Å². The van der Waals surface area contributed by atoms with Crippen molar-refractivity contribution in [2.75, 3.05) is 6.61 Å². The van der Waals surface area contributed by atoms with Crippen LogP contribution < -0.4 is 5.32 Å². The normalized spacial score (nSPS) is 10.6. The van der Waals surface area contributed by atoms with Crippen LogP contribution in [0.2, 0.25) is 0 Å². The molecule has 2 aromatic carbocycles. The molecule has 2 aromatic rings. The highest BCUT2D eigenvalue weighted by Gasteiger charge is 2.05. The molecule has 0 aliphatic rings. The van der Waals surface area contributed by atoms with Crippen LogP contribution in [0.3, 0.4) is 0 Å². The van der Waals surface area contributed by atoms with Gasteiger partial charge in [-0.2, -0.15) is 0 Å². The molecule has 0 saturated carbocycles. The van der Waals surface area contributed by atoms with E-state index < -0.39 is 5.97 Å². The predicted octanol–water partition coefficient (Wildman–Crippen LogP) is 3.63. The topological polar surface area (TPSA) is 55.4 Å². The van der Waals surface area contributed by atoms with Crippen molar-refractivity contribution in [2.24, 2.45) is 0 Å². The van der Waals surface area contributed by atoms with Gasteiger partial charge in [0.05, 0.1) is 0 Å². The van der Waals surface area contributed by atoms with Gasteiger partial charge in [-0.1, -0.05) is 57.9 Å². The van der Waals surface area contributed by atoms with Crippen LogP contribution >= 0.6 is 15.9 Å². The lowest BCUT2D eigenvalue weighted by Gasteiger charge is -2.06. The van der Waals surface area contributed by atoms with Crippen molar-refractivity contribution in [3.05, 3.63) is 75.8 Å². The van der Waals surface area contributed by atoms with E-state index >= 15 is 0 Å². The zero-order chi connectivity index (χ0) is 17.4. The summed E-state index contributed by atoms with van der Waals surface area (Å²) in [5.41, 5.74) is 3.02. The number of carbonyl (C=O) groups is 2. The molecular weight excluding hydrogens is 370 g/mol. The van der Waals surface area contributed by atoms with Crippen LogP contribution in [0.15, 0.2) is 59.1 Å². The molecule has 0 aliphatic carbocycles. The molecule has 1 N–H and O–H groups in total. The number of halogens is 1. The van der Waals surface area contributed by atoms with E-state index in [-0.39, 0.29) is 12.5 Å². The molecule has 0 unspecified atom stereocenters. The highest BCUT2D eigenvalue weighted by atomic mass is 79.9. The monoisotopic (exact) mass is 387 g/mol. The van der Waals surface area contributed by atoms with Crippen molar-refractivity contribution < 1.29 is 14.3 Å². The number of aryl methyl sites for hydroxylation is 1. The van der Waals surface area contributed by atoms with Crippen molar-refractivity contribution in [3.8, 4) is 0 Å². The quantitative estimate of drug-likeness (QED) is 0.608. The average Bonchev–Trinajstić information content (AvgIpc) is 2.57. The minimum Gasteiger partial charge on any atom is -0.452 e. The van der Waals surface area contributed by atoms with Crippen molar-refractivity contribution in [2.45, 2.75) is 13.5 Å². The predicted molar refractivity (Wildman–Crippen MR) is 97.2 cm³/mol. The molecule has 0 radical (unpaired) electrons. The number of nitrogens with one attached hydrogen (secondary N) is 1. The van der Waals surface area contributed by atoms with Gasteiger partial charge < -0.3 is 10.1 Å². The molecular formula is C19H18BrNO3. The first kappa shape index (κ1) is 17.9. The van der Waals surface area contributed by atoms with Crippen LogP contribution in [0.25, 0.3) is 6.08 Å². The Bertz CT molecular complexity index is 739. The number of ether oxygens (including phenoxy) is 1. The fourth-order valence-electron chi connectivity index (χ4n) is 1.92. The zero-order valence-corrected chi connectivity index (χ0v) is 14.9. The summed E-state index contributed by atoms with van der Waals surface area (Å²) in [4.78, 5) is 23.3. The van der Waals surface area contributed by atoms with E-state index in [1.165, 1.54) is 6.08 Å². The molecule has 24 heavy (non-hydrogen) atoms. The maximum absolute atomic E-state index is 11.7. The molecule has 5 heteroatoms. The van der Waals surface area contributed by atoms with Crippen LogP contribution in [0.4, 0.5) is 0 Å². The van der Waals surface area contributed by atoms with Crippen LogP contribution in [-0.2, 0) is 20.9 Å². The average molecular weight is 388 g/mol. The van der Waals surface area contributed by atoms with Gasteiger partial charge in [0.1, 0.15) is 0 Å². The van der Waals surface area contributed by atoms with Crippen LogP contribution in [0.1, 0.15) is 16.7 Å². The number of rotatable bonds is 6. The van der Waals surface area contributed by atoms with Gasteiger partial charge in [-0.25, -0.2) is 4.79 Å². The summed E-state index contributed by atoms with van der Waals surface area (Å²) < 4.78 is 5.84. The Morgan fingerprint density at radius 1 is 1.17 bits per heavy atom. The van der Waals surface area contributed by atoms with Gasteiger partial charge in [-0.15, -0.1) is 0 Å². The standard InChI is InChI=1S/C19H18BrNO3/c1-14-5-7-16(8-6-14)12-21-18(22)13-24-19(23)10-9-15-3-2-4-17(20)11-15/h2-11H,12-13H2,1H3,(H,21,22)/b10-9+. The second kappa shape index (κ2) is 9.03. The molecule has 2 rings (SSSR count). The highest BCUT2D eigenvalue weighted by molar-refractivity contribution is 9.10. The van der Waals surface area contributed by atoms with Crippen molar-refractivity contribution >= 4 is 33.9 Å². The summed E-state index contributed by atoms with van der Waals surface area (Å²) in [5.74, 6) is -0.889. The van der Waals surface area contributed by atoms with Gasteiger partial charge >= 0.3 is 5.97 Å². The first-order valence-electron chi connectivity index (χ1n) is 7.45. The van der Waals surface area contributed by atoms with E-state index in [0.29, 0.717) is 6.54 Å². The van der Waals surface area contributed by atoms with E-state index in [2.05, 4.69) is 21.2 Å². The third kappa shape index (κ3) is 6.38. The molecule has 0 fully saturated rings. The summed E-state index contributed by atoms with van der Waals surface area (Å²) in [6.07, 6.45) is 2.94. The first-order chi connectivity index (χ1) is 11.5. The van der Waals surface area contributed by atoms with Crippen LogP contribution in [0, 0.1) is 6.92 Å². The fourth-order valence-corrected chi connectivity index (χ4v) is 2.33. The number of hydrogen-bond acceptors (Lipinski definition) is 3. The number of benzene rings is 2. The lowest BCUT2D eigenvalue weighted by molar-refractivity contribution is -0.143. The number of amides is 1. The number of hydrogen-bond donors (Lipinski definition) is 1. The van der Waals surface area contributed by atoms with Gasteiger partial charge in [0, 0.05) is 17.1 Å². The van der Waals surface area contributed by atoms with E-state index in [1.807, 2.05) is 55.5 Å². The lowest BCUT2D eigenvalue weighted by atomic mass is 10.1. The Balaban J connectivity index is 1.72. The maximum Gasteiger partial charge on any atom is 0.331 e. The summed E-state index contributed by atoms with van der Waals surface area (Å²) in [5, 5.41) is 2.71. The largest absolute Gasteiger partial charge is 0.452 e. The third-order valence-corrected chi connectivity index (χ3v) is 3.71. The van der Waals surface area contributed by atoms with E-state index in [9.17, 15) is 9.59 Å². The SMILES string of the molecule is Cc1ccc(CNC(=O)COC(=O)/C=C/c2cccc(Br)c2)cc1. The Kier molecular flexibility index (Phi) is 6.75. The molecule has 0 aliphatic heterocycles. The second-order valence-corrected chi connectivity index (χ2v) is 6.17. The van der Waals surface area contributed by atoms with Gasteiger partial charge in [-0.05, 0) is 36.3 Å². The summed E-state index contributed by atoms with van der Waals surface area (Å²) in [6.45, 7) is 2.11. The first-order valence-corrected chi connectivity index (χ1v) is 8.25. The Labute approximate surface area is 149 Å². The molecule has 0 saturated heterocycles. The maximum atomic E-state index is 11.7. The third-order valence-electron chi connectivity index (χ3n) is 3.22. The fraction of sp³-hybridized carbons (Fsp3) is 0.158. The van der Waals surface area contributed by atoms with E-state index in [4.69, 9.17) is 4.74 Å². The van der Waals surface area contributed by atoms with Crippen molar-refractivity contribution in [1.29, 1.82) is 0 Å². The molecule has 0 heterocycles. The van der Waals surface area contributed by atoms with Crippen LogP contribution in [0.5, 0.6) is 0 Å². The molecule has 0 aromatic heterocycles. The van der Waals surface area contributed by atoms with Gasteiger partial charge in [0.25, 0.3) is 5.91 Å². The van der Waals surface area contributed by atoms with Crippen molar-refractivity contribution in [3.63, 3.8) is 0 Å². The number of carbonyl (C=O) groups excluding carboxylic acids is 2. The molecule has 4 nitrogen and oxygen atoms in total. The van der Waals surface area contributed by atoms with Gasteiger partial charge in [-0.3, -0.25) is 4.79 Å². The highest BCUT2D eigenvalue weighted by Crippen LogP contribution is 2.12. The zero-order valence-electron chi connectivity index (χ0n) is 13.3.